The van der Waals surface area contributed by atoms with Crippen molar-refractivity contribution >= 4 is 29.9 Å². The number of nitrogens with zero attached hydrogens (tertiary/aromatic N) is 3. The van der Waals surface area contributed by atoms with Gasteiger partial charge in [0.05, 0.1) is 7.11 Å². The first-order valence-electron chi connectivity index (χ1n) is 10.8. The highest BCUT2D eigenvalue weighted by Gasteiger charge is 2.23. The lowest BCUT2D eigenvalue weighted by atomic mass is 9.96. The minimum absolute atomic E-state index is 0. The van der Waals surface area contributed by atoms with E-state index in [1.165, 1.54) is 37.8 Å². The van der Waals surface area contributed by atoms with Gasteiger partial charge in [0.1, 0.15) is 5.75 Å². The zero-order valence-electron chi connectivity index (χ0n) is 18.0. The third-order valence-electron chi connectivity index (χ3n) is 6.22. The molecule has 7 heteroatoms. The maximum atomic E-state index is 6.11. The smallest absolute Gasteiger partial charge is 0.188 e. The number of piperidine rings is 1. The number of nitrogens with one attached hydrogen (secondary N) is 1. The first-order valence-corrected chi connectivity index (χ1v) is 10.8. The van der Waals surface area contributed by atoms with Gasteiger partial charge in [-0.15, -0.1) is 24.0 Å². The van der Waals surface area contributed by atoms with Crippen LogP contribution in [0, 0.1) is 5.92 Å². The van der Waals surface area contributed by atoms with Gasteiger partial charge < -0.3 is 15.8 Å². The number of ether oxygens (including phenoxy) is 1. The molecule has 2 fully saturated rings. The number of rotatable bonds is 8. The van der Waals surface area contributed by atoms with Crippen molar-refractivity contribution in [2.45, 2.75) is 45.2 Å². The zero-order chi connectivity index (χ0) is 19.8. The number of nitrogens with two attached hydrogens (primary N) is 1. The van der Waals surface area contributed by atoms with Gasteiger partial charge in [-0.25, -0.2) is 0 Å². The van der Waals surface area contributed by atoms with Crippen molar-refractivity contribution in [2.75, 3.05) is 46.4 Å². The molecule has 2 saturated heterocycles. The van der Waals surface area contributed by atoms with Crippen LogP contribution in [0.15, 0.2) is 29.3 Å². The molecule has 0 bridgehead atoms. The van der Waals surface area contributed by atoms with Gasteiger partial charge in [-0.2, -0.15) is 0 Å². The quantitative estimate of drug-likeness (QED) is 0.317. The Balaban J connectivity index is 0.00000300. The Morgan fingerprint density at radius 2 is 1.90 bits per heavy atom. The Hall–Kier alpha value is -1.06. The molecule has 1 unspecified atom stereocenters. The number of likely N-dealkylation sites (N-methyl/N-ethyl adjacent to an activating group) is 1. The summed E-state index contributed by atoms with van der Waals surface area (Å²) >= 11 is 0. The number of halogens is 1. The van der Waals surface area contributed by atoms with Gasteiger partial charge in [-0.1, -0.05) is 19.1 Å². The van der Waals surface area contributed by atoms with Crippen molar-refractivity contribution in [1.82, 2.24) is 15.1 Å². The number of aliphatic imine (C=N–C) groups is 1. The average molecular weight is 515 g/mol. The van der Waals surface area contributed by atoms with E-state index in [1.54, 1.807) is 7.11 Å². The summed E-state index contributed by atoms with van der Waals surface area (Å²) in [7, 11) is 1.71. The second kappa shape index (κ2) is 12.6. The molecule has 2 aliphatic rings. The van der Waals surface area contributed by atoms with E-state index < -0.39 is 0 Å². The van der Waals surface area contributed by atoms with Crippen LogP contribution in [0.2, 0.25) is 0 Å². The average Bonchev–Trinajstić information content (AvgIpc) is 3.20. The minimum Gasteiger partial charge on any atom is -0.497 e. The van der Waals surface area contributed by atoms with Crippen LogP contribution < -0.4 is 15.8 Å². The highest BCUT2D eigenvalue weighted by molar-refractivity contribution is 14.0. The molecule has 1 atom stereocenters. The van der Waals surface area contributed by atoms with Gasteiger partial charge in [-0.05, 0) is 75.5 Å². The van der Waals surface area contributed by atoms with Crippen molar-refractivity contribution in [3.63, 3.8) is 0 Å². The van der Waals surface area contributed by atoms with Crippen LogP contribution in [-0.2, 0) is 6.54 Å². The SMILES string of the molecule is CCN1CCCC1CNC(N)=NCC1CCN(Cc2ccc(OC)cc2)CC1.I. The van der Waals surface area contributed by atoms with E-state index in [-0.39, 0.29) is 24.0 Å². The molecule has 0 saturated carbocycles. The molecule has 3 rings (SSSR count). The lowest BCUT2D eigenvalue weighted by Gasteiger charge is -2.31. The second-order valence-corrected chi connectivity index (χ2v) is 8.10. The Labute approximate surface area is 193 Å². The summed E-state index contributed by atoms with van der Waals surface area (Å²) in [5, 5.41) is 3.34. The van der Waals surface area contributed by atoms with E-state index in [1.807, 2.05) is 12.1 Å². The number of guanidine groups is 1. The van der Waals surface area contributed by atoms with Gasteiger partial charge in [0.15, 0.2) is 5.96 Å². The van der Waals surface area contributed by atoms with Gasteiger partial charge in [0, 0.05) is 25.7 Å². The molecule has 29 heavy (non-hydrogen) atoms. The van der Waals surface area contributed by atoms with Crippen LogP contribution in [0.3, 0.4) is 0 Å². The number of benzene rings is 1. The maximum absolute atomic E-state index is 6.11. The second-order valence-electron chi connectivity index (χ2n) is 8.10. The van der Waals surface area contributed by atoms with E-state index in [4.69, 9.17) is 10.5 Å². The summed E-state index contributed by atoms with van der Waals surface area (Å²) in [6, 6.07) is 9.01. The van der Waals surface area contributed by atoms with E-state index >= 15 is 0 Å². The van der Waals surface area contributed by atoms with E-state index in [9.17, 15) is 0 Å². The molecule has 3 N–H and O–H groups in total. The molecule has 2 aliphatic heterocycles. The number of methoxy groups -OCH3 is 1. The van der Waals surface area contributed by atoms with Gasteiger partial charge >= 0.3 is 0 Å². The fraction of sp³-hybridized carbons (Fsp3) is 0.682. The minimum atomic E-state index is 0. The highest BCUT2D eigenvalue weighted by Crippen LogP contribution is 2.20. The molecule has 0 radical (unpaired) electrons. The summed E-state index contributed by atoms with van der Waals surface area (Å²) in [6.07, 6.45) is 4.95. The molecule has 6 nitrogen and oxygen atoms in total. The molecular formula is C22H38IN5O. The van der Waals surface area contributed by atoms with Crippen molar-refractivity contribution in [3.05, 3.63) is 29.8 Å². The van der Waals surface area contributed by atoms with Gasteiger partial charge in [-0.3, -0.25) is 14.8 Å². The van der Waals surface area contributed by atoms with Gasteiger partial charge in [0.2, 0.25) is 0 Å². The Morgan fingerprint density at radius 3 is 2.55 bits per heavy atom. The molecular weight excluding hydrogens is 477 g/mol. The fourth-order valence-electron chi connectivity index (χ4n) is 4.36. The van der Waals surface area contributed by atoms with Crippen LogP contribution >= 0.6 is 24.0 Å². The number of hydrogen-bond donors (Lipinski definition) is 2. The highest BCUT2D eigenvalue weighted by atomic mass is 127. The normalized spacial score (nSPS) is 21.7. The molecule has 0 aromatic heterocycles. The largest absolute Gasteiger partial charge is 0.497 e. The summed E-state index contributed by atoms with van der Waals surface area (Å²) in [6.45, 7) is 9.62. The van der Waals surface area contributed by atoms with E-state index in [0.717, 1.165) is 45.0 Å². The first kappa shape index (κ1) is 24.2. The molecule has 164 valence electrons. The molecule has 2 heterocycles. The Morgan fingerprint density at radius 1 is 1.17 bits per heavy atom. The molecule has 0 amide bonds. The monoisotopic (exact) mass is 515 g/mol. The Kier molecular flexibility index (Phi) is 10.5. The van der Waals surface area contributed by atoms with Crippen LogP contribution in [-0.4, -0.2) is 68.2 Å². The Bertz CT molecular complexity index is 616. The van der Waals surface area contributed by atoms with E-state index in [2.05, 4.69) is 39.2 Å². The lowest BCUT2D eigenvalue weighted by Crippen LogP contribution is -2.43. The summed E-state index contributed by atoms with van der Waals surface area (Å²) in [5.41, 5.74) is 7.45. The van der Waals surface area contributed by atoms with Crippen molar-refractivity contribution < 1.29 is 4.74 Å². The van der Waals surface area contributed by atoms with Crippen molar-refractivity contribution in [2.24, 2.45) is 16.6 Å². The predicted molar refractivity (Wildman–Crippen MR) is 131 cm³/mol. The van der Waals surface area contributed by atoms with Crippen LogP contribution in [0.5, 0.6) is 5.75 Å². The lowest BCUT2D eigenvalue weighted by molar-refractivity contribution is 0.180. The molecule has 0 aliphatic carbocycles. The topological polar surface area (TPSA) is 66.1 Å². The maximum Gasteiger partial charge on any atom is 0.188 e. The van der Waals surface area contributed by atoms with Crippen LogP contribution in [0.1, 0.15) is 38.2 Å². The van der Waals surface area contributed by atoms with Crippen molar-refractivity contribution in [3.8, 4) is 5.75 Å². The molecule has 1 aromatic carbocycles. The third kappa shape index (κ3) is 7.61. The zero-order valence-corrected chi connectivity index (χ0v) is 20.3. The first-order chi connectivity index (χ1) is 13.7. The summed E-state index contributed by atoms with van der Waals surface area (Å²) in [5.74, 6) is 2.18. The summed E-state index contributed by atoms with van der Waals surface area (Å²) in [4.78, 5) is 9.68. The van der Waals surface area contributed by atoms with Crippen LogP contribution in [0.4, 0.5) is 0 Å². The predicted octanol–water partition coefficient (Wildman–Crippen LogP) is 2.91. The number of likely N-dealkylation sites (tertiary alicyclic amines) is 2. The third-order valence-corrected chi connectivity index (χ3v) is 6.22. The summed E-state index contributed by atoms with van der Waals surface area (Å²) < 4.78 is 5.23. The van der Waals surface area contributed by atoms with Crippen LogP contribution in [0.25, 0.3) is 0 Å². The fourth-order valence-corrected chi connectivity index (χ4v) is 4.36. The molecule has 1 aromatic rings. The molecule has 0 spiro atoms. The van der Waals surface area contributed by atoms with E-state index in [0.29, 0.717) is 17.9 Å². The standard InChI is InChI=1S/C22H37N5O.HI/c1-3-27-12-4-5-20(27)16-25-22(23)24-15-18-10-13-26(14-11-18)17-19-6-8-21(28-2)9-7-19;/h6-9,18,20H,3-5,10-17H2,1-2H3,(H3,23,24,25);1H. The van der Waals surface area contributed by atoms with Gasteiger partial charge in [0.25, 0.3) is 0 Å². The number of hydrogen-bond acceptors (Lipinski definition) is 4. The van der Waals surface area contributed by atoms with Crippen molar-refractivity contribution in [1.29, 1.82) is 0 Å².